The summed E-state index contributed by atoms with van der Waals surface area (Å²) >= 11 is 0. The maximum Gasteiger partial charge on any atom is 0.334 e. The molecule has 0 aromatic carbocycles. The molecule has 4 bridgehead atoms. The Hall–Kier alpha value is -1.11. The molecule has 4 saturated carbocycles. The third kappa shape index (κ3) is 7.93. The number of hydrogen-bond acceptors (Lipinski definition) is 5. The first kappa shape index (κ1) is 32.3. The molecule has 1 N–H and O–H groups in total. The third-order valence-electron chi connectivity index (χ3n) is 11.5. The van der Waals surface area contributed by atoms with Gasteiger partial charge in [0.2, 0.25) is 0 Å². The minimum absolute atomic E-state index is 0.0849. The second-order valence-corrected chi connectivity index (χ2v) is 16.0. The molecule has 6 heteroatoms. The molecule has 0 amide bonds. The Morgan fingerprint density at radius 3 is 1.74 bits per heavy atom. The summed E-state index contributed by atoms with van der Waals surface area (Å²) < 4.78 is 24.1. The first-order valence-corrected chi connectivity index (χ1v) is 17.5. The molecule has 0 aromatic heterocycles. The van der Waals surface area contributed by atoms with Gasteiger partial charge in [-0.1, -0.05) is 65.2 Å². The first-order valence-electron chi connectivity index (χ1n) is 17.5. The molecule has 2 heterocycles. The van der Waals surface area contributed by atoms with Gasteiger partial charge < -0.3 is 24.1 Å². The van der Waals surface area contributed by atoms with Crippen molar-refractivity contribution < 1.29 is 28.8 Å². The van der Waals surface area contributed by atoms with E-state index in [9.17, 15) is 9.90 Å². The second kappa shape index (κ2) is 13.9. The maximum atomic E-state index is 12.2. The number of carbonyl (C=O) groups is 1. The number of aliphatic carboxylic acids is 1. The van der Waals surface area contributed by atoms with Crippen LogP contribution in [0.2, 0.25) is 0 Å². The van der Waals surface area contributed by atoms with E-state index in [1.165, 1.54) is 64.2 Å². The summed E-state index contributed by atoms with van der Waals surface area (Å²) in [6.45, 7) is 11.6. The highest BCUT2D eigenvalue weighted by Crippen LogP contribution is 2.65. The van der Waals surface area contributed by atoms with Crippen LogP contribution in [0, 0.1) is 28.1 Å². The Bertz CT molecular complexity index is 917. The second-order valence-electron chi connectivity index (χ2n) is 16.0. The summed E-state index contributed by atoms with van der Waals surface area (Å²) in [5, 5.41) is 10.0. The van der Waals surface area contributed by atoms with Crippen molar-refractivity contribution in [3.8, 4) is 0 Å². The van der Waals surface area contributed by atoms with Crippen LogP contribution in [0.5, 0.6) is 0 Å². The zero-order valence-electron chi connectivity index (χ0n) is 27.1. The van der Waals surface area contributed by atoms with Crippen molar-refractivity contribution in [1.29, 1.82) is 0 Å². The number of allylic oxidation sites excluding steroid dienone is 1. The number of ether oxygens (including phenoxy) is 4. The lowest BCUT2D eigenvalue weighted by molar-refractivity contribution is -0.193. The van der Waals surface area contributed by atoms with Gasteiger partial charge in [0.15, 0.2) is 0 Å². The van der Waals surface area contributed by atoms with Gasteiger partial charge in [0.25, 0.3) is 0 Å². The van der Waals surface area contributed by atoms with E-state index in [1.807, 2.05) is 0 Å². The summed E-state index contributed by atoms with van der Waals surface area (Å²) in [7, 11) is 0. The molecule has 6 rings (SSSR count). The molecule has 2 atom stereocenters. The van der Waals surface area contributed by atoms with E-state index in [-0.39, 0.29) is 11.0 Å². The highest BCUT2D eigenvalue weighted by molar-refractivity contribution is 5.86. The van der Waals surface area contributed by atoms with Crippen molar-refractivity contribution in [2.75, 3.05) is 39.6 Å². The Kier molecular flexibility index (Phi) is 10.7. The number of carboxylic acid groups (broad SMARTS) is 1. The molecule has 2 unspecified atom stereocenters. The van der Waals surface area contributed by atoms with Crippen LogP contribution >= 0.6 is 0 Å². The van der Waals surface area contributed by atoms with Crippen molar-refractivity contribution >= 4 is 5.97 Å². The zero-order valence-corrected chi connectivity index (χ0v) is 27.1. The normalized spacial score (nSPS) is 32.6. The highest BCUT2D eigenvalue weighted by atomic mass is 16.5. The van der Waals surface area contributed by atoms with E-state index in [4.69, 9.17) is 18.9 Å². The Morgan fingerprint density at radius 1 is 0.738 bits per heavy atom. The molecule has 0 spiro atoms. The van der Waals surface area contributed by atoms with Gasteiger partial charge in [-0.25, -0.2) is 4.79 Å². The van der Waals surface area contributed by atoms with Crippen molar-refractivity contribution in [1.82, 2.24) is 0 Å². The SMILES string of the molecule is CC(C(=O)O)=C(OCCCCCCCC1(C)COC1)C12CC3CC(CC(OCCCCCCCC4(C)COC4)(C3)C1)C2. The molecule has 6 nitrogen and oxygen atoms in total. The molecule has 2 saturated heterocycles. The zero-order chi connectivity index (χ0) is 29.7. The van der Waals surface area contributed by atoms with Crippen molar-refractivity contribution in [3.63, 3.8) is 0 Å². The summed E-state index contributed by atoms with van der Waals surface area (Å²) in [4.78, 5) is 12.2. The topological polar surface area (TPSA) is 74.2 Å². The van der Waals surface area contributed by atoms with Crippen LogP contribution in [0.1, 0.15) is 136 Å². The smallest absolute Gasteiger partial charge is 0.334 e. The van der Waals surface area contributed by atoms with Crippen LogP contribution in [-0.2, 0) is 23.7 Å². The van der Waals surface area contributed by atoms with Crippen LogP contribution in [0.15, 0.2) is 11.3 Å². The van der Waals surface area contributed by atoms with Gasteiger partial charge in [-0.05, 0) is 83.0 Å². The number of carboxylic acids is 1. The fourth-order valence-corrected chi connectivity index (χ4v) is 9.39. The van der Waals surface area contributed by atoms with Crippen LogP contribution in [0.25, 0.3) is 0 Å². The first-order chi connectivity index (χ1) is 20.1. The molecule has 0 aromatic rings. The molecular weight excluding hydrogens is 528 g/mol. The average Bonchev–Trinajstić information content (AvgIpc) is 2.90. The quantitative estimate of drug-likeness (QED) is 0.0873. The van der Waals surface area contributed by atoms with E-state index < -0.39 is 5.97 Å². The Morgan fingerprint density at radius 2 is 1.24 bits per heavy atom. The van der Waals surface area contributed by atoms with Gasteiger partial charge in [-0.15, -0.1) is 0 Å². The predicted octanol–water partition coefficient (Wildman–Crippen LogP) is 8.47. The fraction of sp³-hybridized carbons (Fsp3) is 0.917. The standard InChI is InChI=1S/C36H60O6/c1-28(32(37)38)31(41-16-12-8-4-6-10-14-33(2)24-39-25-33)35-19-29-18-30(20-35)22-36(21-29,23-35)42-17-13-9-5-7-11-15-34(3)26-40-27-34/h29-30H,4-27H2,1-3H3,(H,37,38). The van der Waals surface area contributed by atoms with E-state index >= 15 is 0 Å². The van der Waals surface area contributed by atoms with Gasteiger partial charge in [-0.2, -0.15) is 0 Å². The van der Waals surface area contributed by atoms with Crippen molar-refractivity contribution in [2.24, 2.45) is 28.1 Å². The molecular formula is C36H60O6. The molecule has 2 aliphatic heterocycles. The van der Waals surface area contributed by atoms with Gasteiger partial charge in [0, 0.05) is 22.9 Å². The van der Waals surface area contributed by atoms with Crippen molar-refractivity contribution in [3.05, 3.63) is 11.3 Å². The van der Waals surface area contributed by atoms with Gasteiger partial charge >= 0.3 is 5.97 Å². The van der Waals surface area contributed by atoms with E-state index in [0.717, 1.165) is 90.2 Å². The van der Waals surface area contributed by atoms with E-state index in [2.05, 4.69) is 13.8 Å². The number of rotatable bonds is 20. The molecule has 42 heavy (non-hydrogen) atoms. The van der Waals surface area contributed by atoms with Crippen LogP contribution < -0.4 is 0 Å². The fourth-order valence-electron chi connectivity index (χ4n) is 9.39. The van der Waals surface area contributed by atoms with Gasteiger partial charge in [0.05, 0.1) is 44.2 Å². The lowest BCUT2D eigenvalue weighted by Crippen LogP contribution is -2.57. The monoisotopic (exact) mass is 588 g/mol. The number of unbranched alkanes of at least 4 members (excludes halogenated alkanes) is 8. The van der Waals surface area contributed by atoms with Crippen molar-refractivity contribution in [2.45, 2.75) is 142 Å². The third-order valence-corrected chi connectivity index (χ3v) is 11.5. The molecule has 240 valence electrons. The summed E-state index contributed by atoms with van der Waals surface area (Å²) in [6.07, 6.45) is 21.4. The summed E-state index contributed by atoms with van der Waals surface area (Å²) in [5.41, 5.74) is 1.04. The highest BCUT2D eigenvalue weighted by Gasteiger charge is 2.60. The summed E-state index contributed by atoms with van der Waals surface area (Å²) in [6, 6.07) is 0. The minimum Gasteiger partial charge on any atom is -0.497 e. The van der Waals surface area contributed by atoms with E-state index in [1.54, 1.807) is 6.92 Å². The van der Waals surface area contributed by atoms with Crippen LogP contribution in [0.3, 0.4) is 0 Å². The molecule has 4 aliphatic carbocycles. The minimum atomic E-state index is -0.831. The Labute approximate surface area is 255 Å². The summed E-state index contributed by atoms with van der Waals surface area (Å²) in [5.74, 6) is 1.22. The molecule has 6 fully saturated rings. The molecule has 0 radical (unpaired) electrons. The van der Waals surface area contributed by atoms with Gasteiger partial charge in [0.1, 0.15) is 5.76 Å². The largest absolute Gasteiger partial charge is 0.497 e. The van der Waals surface area contributed by atoms with Gasteiger partial charge in [-0.3, -0.25) is 0 Å². The lowest BCUT2D eigenvalue weighted by Gasteiger charge is -2.62. The maximum absolute atomic E-state index is 12.2. The lowest BCUT2D eigenvalue weighted by atomic mass is 9.47. The van der Waals surface area contributed by atoms with Crippen LogP contribution in [0.4, 0.5) is 0 Å². The molecule has 6 aliphatic rings. The Balaban J connectivity index is 1.07. The van der Waals surface area contributed by atoms with E-state index in [0.29, 0.717) is 34.8 Å². The number of hydrogen-bond donors (Lipinski definition) is 1. The predicted molar refractivity (Wildman–Crippen MR) is 165 cm³/mol. The average molecular weight is 589 g/mol. The van der Waals surface area contributed by atoms with Crippen LogP contribution in [-0.4, -0.2) is 56.3 Å².